The maximum absolute atomic E-state index is 13.7. The Morgan fingerprint density at radius 2 is 1.67 bits per heavy atom. The number of carbonyl (C=O) groups excluding carboxylic acids is 2. The average molecular weight is 519 g/mol. The van der Waals surface area contributed by atoms with Crippen LogP contribution in [0, 0.1) is 0 Å². The van der Waals surface area contributed by atoms with Crippen LogP contribution in [0.4, 0.5) is 4.79 Å². The second kappa shape index (κ2) is 9.29. The summed E-state index contributed by atoms with van der Waals surface area (Å²) < 4.78 is 23.5. The molecule has 198 valence electrons. The molecule has 2 aliphatic carbocycles. The fraction of sp³-hybridized carbons (Fsp3) is 0.692. The van der Waals surface area contributed by atoms with E-state index in [1.54, 1.807) is 9.80 Å². The summed E-state index contributed by atoms with van der Waals surface area (Å²) in [6.07, 6.45) is 5.59. The van der Waals surface area contributed by atoms with Crippen molar-refractivity contribution in [3.05, 3.63) is 35.9 Å². The van der Waals surface area contributed by atoms with E-state index in [1.165, 1.54) is 5.56 Å². The van der Waals surface area contributed by atoms with Crippen molar-refractivity contribution in [3.8, 4) is 0 Å². The van der Waals surface area contributed by atoms with Gasteiger partial charge in [0.25, 0.3) is 0 Å². The van der Waals surface area contributed by atoms with E-state index >= 15 is 0 Å². The second-order valence-electron chi connectivity index (χ2n) is 11.3. The number of carbonyl (C=O) groups is 2. The van der Waals surface area contributed by atoms with Gasteiger partial charge in [-0.15, -0.1) is 0 Å². The highest BCUT2D eigenvalue weighted by atomic mass is 32.2. The van der Waals surface area contributed by atoms with Crippen molar-refractivity contribution in [2.24, 2.45) is 0 Å². The van der Waals surface area contributed by atoms with Gasteiger partial charge in [-0.05, 0) is 57.6 Å². The van der Waals surface area contributed by atoms with Crippen LogP contribution in [0.3, 0.4) is 0 Å². The van der Waals surface area contributed by atoms with Gasteiger partial charge in [-0.2, -0.15) is 0 Å². The number of benzene rings is 1. The Morgan fingerprint density at radius 1 is 1.03 bits per heavy atom. The lowest BCUT2D eigenvalue weighted by Crippen LogP contribution is -2.59. The summed E-state index contributed by atoms with van der Waals surface area (Å²) in [4.78, 5) is 31.8. The van der Waals surface area contributed by atoms with E-state index in [0.717, 1.165) is 32.1 Å². The van der Waals surface area contributed by atoms with E-state index < -0.39 is 21.0 Å². The molecule has 5 rings (SSSR count). The van der Waals surface area contributed by atoms with Crippen LogP contribution in [0.1, 0.15) is 50.5 Å². The van der Waals surface area contributed by atoms with E-state index in [0.29, 0.717) is 25.9 Å². The van der Waals surface area contributed by atoms with Crippen LogP contribution in [0.15, 0.2) is 30.3 Å². The van der Waals surface area contributed by atoms with E-state index in [4.69, 9.17) is 0 Å². The molecule has 1 aromatic rings. The second-order valence-corrected chi connectivity index (χ2v) is 13.6. The van der Waals surface area contributed by atoms with Gasteiger partial charge >= 0.3 is 6.03 Å². The molecule has 3 amide bonds. The Labute approximate surface area is 213 Å². The molecule has 1 spiro atoms. The molecule has 0 atom stereocenters. The lowest BCUT2D eigenvalue weighted by Gasteiger charge is -2.50. The average Bonchev–Trinajstić information content (AvgIpc) is 3.09. The van der Waals surface area contributed by atoms with Crippen molar-refractivity contribution < 1.29 is 23.1 Å². The minimum Gasteiger partial charge on any atom is -0.388 e. The Bertz CT molecular complexity index is 1080. The summed E-state index contributed by atoms with van der Waals surface area (Å²) in [5.41, 5.74) is -0.205. The number of hydrogen-bond acceptors (Lipinski definition) is 6. The van der Waals surface area contributed by atoms with Gasteiger partial charge in [-0.3, -0.25) is 4.79 Å². The molecule has 10 heteroatoms. The molecule has 2 aliphatic heterocycles. The quantitative estimate of drug-likeness (QED) is 0.588. The first kappa shape index (κ1) is 25.5. The number of rotatable bonds is 6. The summed E-state index contributed by atoms with van der Waals surface area (Å²) in [5.74, 6) is -0.259. The fourth-order valence-electron chi connectivity index (χ4n) is 6.51. The lowest BCUT2D eigenvalue weighted by atomic mass is 9.68. The smallest absolute Gasteiger partial charge is 0.321 e. The first-order chi connectivity index (χ1) is 17.1. The van der Waals surface area contributed by atoms with Crippen LogP contribution in [-0.4, -0.2) is 103 Å². The van der Waals surface area contributed by atoms with Gasteiger partial charge < -0.3 is 25.1 Å². The molecule has 2 N–H and O–H groups in total. The summed E-state index contributed by atoms with van der Waals surface area (Å²) in [6, 6.07) is 10.2. The summed E-state index contributed by atoms with van der Waals surface area (Å²) in [5, 5.41) is 14.5. The predicted molar refractivity (Wildman–Crippen MR) is 136 cm³/mol. The van der Waals surface area contributed by atoms with Gasteiger partial charge in [0.15, 0.2) is 9.84 Å². The highest BCUT2D eigenvalue weighted by Gasteiger charge is 2.56. The fourth-order valence-corrected chi connectivity index (χ4v) is 7.71. The molecule has 0 radical (unpaired) electrons. The number of β-amino-alcohol motifs (C(OH)–C–C–N with tert-alkyl or cyclic N) is 1. The van der Waals surface area contributed by atoms with E-state index in [-0.39, 0.29) is 48.6 Å². The monoisotopic (exact) mass is 518 g/mol. The molecule has 2 saturated heterocycles. The van der Waals surface area contributed by atoms with Crippen LogP contribution < -0.4 is 5.32 Å². The molecule has 1 aromatic carbocycles. The molecular formula is C26H38N4O5S. The Morgan fingerprint density at radius 3 is 2.22 bits per heavy atom. The molecule has 2 heterocycles. The lowest BCUT2D eigenvalue weighted by molar-refractivity contribution is -0.131. The molecular weight excluding hydrogens is 480 g/mol. The maximum atomic E-state index is 13.7. The molecule has 4 aliphatic rings. The van der Waals surface area contributed by atoms with E-state index in [9.17, 15) is 23.1 Å². The highest BCUT2D eigenvalue weighted by Crippen LogP contribution is 2.48. The van der Waals surface area contributed by atoms with Crippen molar-refractivity contribution in [1.82, 2.24) is 20.0 Å². The van der Waals surface area contributed by atoms with Gasteiger partial charge in [0, 0.05) is 25.2 Å². The van der Waals surface area contributed by atoms with E-state index in [2.05, 4.69) is 29.6 Å². The first-order valence-corrected chi connectivity index (χ1v) is 14.9. The summed E-state index contributed by atoms with van der Waals surface area (Å²) >= 11 is 0. The minimum absolute atomic E-state index is 0.0264. The number of sulfone groups is 1. The normalized spacial score (nSPS) is 31.5. The van der Waals surface area contributed by atoms with Crippen LogP contribution in [0.5, 0.6) is 0 Å². The third kappa shape index (κ3) is 4.63. The first-order valence-electron chi connectivity index (χ1n) is 13.1. The zero-order valence-corrected chi connectivity index (χ0v) is 21.9. The van der Waals surface area contributed by atoms with Gasteiger partial charge in [0.05, 0.1) is 29.2 Å². The zero-order valence-electron chi connectivity index (χ0n) is 21.1. The standard InChI is InChI=1S/C26H38N4O5S/c1-27-26(21-6-3-2-4-7-21)12-10-24(11-13-26)19-29(23(32)30(24)20-25(33)8-5-9-25)18-22(31)28-14-16-36(34,35)17-15-28/h2-4,6-7,27,33H,5,8-20H2,1H3. The molecule has 0 bridgehead atoms. The molecule has 9 nitrogen and oxygen atoms in total. The number of amides is 3. The van der Waals surface area contributed by atoms with Crippen molar-refractivity contribution in [2.45, 2.75) is 61.6 Å². The predicted octanol–water partition coefficient (Wildman–Crippen LogP) is 1.32. The molecule has 4 fully saturated rings. The van der Waals surface area contributed by atoms with Gasteiger partial charge in [0.1, 0.15) is 6.54 Å². The van der Waals surface area contributed by atoms with Crippen LogP contribution in [-0.2, 0) is 20.2 Å². The van der Waals surface area contributed by atoms with E-state index in [1.807, 2.05) is 18.0 Å². The topological polar surface area (TPSA) is 110 Å². The van der Waals surface area contributed by atoms with Crippen LogP contribution in [0.2, 0.25) is 0 Å². The van der Waals surface area contributed by atoms with Crippen LogP contribution in [0.25, 0.3) is 0 Å². The highest BCUT2D eigenvalue weighted by molar-refractivity contribution is 7.91. The third-order valence-corrected chi connectivity index (χ3v) is 10.8. The van der Waals surface area contributed by atoms with Crippen molar-refractivity contribution in [1.29, 1.82) is 0 Å². The molecule has 36 heavy (non-hydrogen) atoms. The molecule has 0 unspecified atom stereocenters. The number of nitrogens with one attached hydrogen (secondary N) is 1. The third-order valence-electron chi connectivity index (χ3n) is 9.16. The SMILES string of the molecule is CNC1(c2ccccc2)CCC2(CC1)CN(CC(=O)N1CCS(=O)(=O)CC1)C(=O)N2CC1(O)CCC1. The van der Waals surface area contributed by atoms with Gasteiger partial charge in [0.2, 0.25) is 5.91 Å². The number of aliphatic hydroxyl groups is 1. The van der Waals surface area contributed by atoms with Crippen molar-refractivity contribution >= 4 is 21.8 Å². The Hall–Kier alpha value is -2.17. The van der Waals surface area contributed by atoms with Crippen molar-refractivity contribution in [2.75, 3.05) is 51.3 Å². The number of hydrogen-bond donors (Lipinski definition) is 2. The zero-order chi connectivity index (χ0) is 25.6. The Balaban J connectivity index is 1.34. The molecule has 2 saturated carbocycles. The molecule has 0 aromatic heterocycles. The van der Waals surface area contributed by atoms with Crippen molar-refractivity contribution in [3.63, 3.8) is 0 Å². The Kier molecular flexibility index (Phi) is 6.58. The number of nitrogens with zero attached hydrogens (tertiary/aromatic N) is 3. The number of urea groups is 1. The van der Waals surface area contributed by atoms with Gasteiger partial charge in [-0.25, -0.2) is 13.2 Å². The van der Waals surface area contributed by atoms with Crippen LogP contribution >= 0.6 is 0 Å². The maximum Gasteiger partial charge on any atom is 0.321 e. The summed E-state index contributed by atoms with van der Waals surface area (Å²) in [6.45, 7) is 1.06. The largest absolute Gasteiger partial charge is 0.388 e. The summed E-state index contributed by atoms with van der Waals surface area (Å²) in [7, 11) is -1.10. The van der Waals surface area contributed by atoms with Gasteiger partial charge in [-0.1, -0.05) is 30.3 Å². The minimum atomic E-state index is -3.09.